The number of halogens is 1. The summed E-state index contributed by atoms with van der Waals surface area (Å²) in [6.07, 6.45) is 0.647. The fourth-order valence-electron chi connectivity index (χ4n) is 2.81. The van der Waals surface area contributed by atoms with E-state index in [1.54, 1.807) is 16.8 Å². The molecule has 136 valence electrons. The zero-order chi connectivity index (χ0) is 18.0. The van der Waals surface area contributed by atoms with E-state index in [-0.39, 0.29) is 23.4 Å². The van der Waals surface area contributed by atoms with E-state index >= 15 is 0 Å². The highest BCUT2D eigenvalue weighted by molar-refractivity contribution is 7.91. The van der Waals surface area contributed by atoms with Crippen LogP contribution < -0.4 is 5.32 Å². The summed E-state index contributed by atoms with van der Waals surface area (Å²) in [6, 6.07) is 6.01. The summed E-state index contributed by atoms with van der Waals surface area (Å²) in [5, 5.41) is 8.18. The van der Waals surface area contributed by atoms with Gasteiger partial charge < -0.3 is 5.32 Å². The topological polar surface area (TPSA) is 67.2 Å². The van der Waals surface area contributed by atoms with Crippen LogP contribution in [0.2, 0.25) is 0 Å². The maximum absolute atomic E-state index is 13.0. The van der Waals surface area contributed by atoms with E-state index in [0.717, 1.165) is 12.2 Å². The highest BCUT2D eigenvalue weighted by Crippen LogP contribution is 2.22. The predicted octanol–water partition coefficient (Wildman–Crippen LogP) is 3.02. The molecule has 1 aliphatic rings. The monoisotopic (exact) mass is 402 g/mol. The van der Waals surface area contributed by atoms with Crippen molar-refractivity contribution in [3.05, 3.63) is 34.0 Å². The van der Waals surface area contributed by atoms with Gasteiger partial charge in [-0.1, -0.05) is 18.3 Å². The van der Waals surface area contributed by atoms with Crippen LogP contribution in [-0.2, 0) is 16.5 Å². The number of benzene rings is 1. The van der Waals surface area contributed by atoms with Gasteiger partial charge in [0.05, 0.1) is 18.2 Å². The van der Waals surface area contributed by atoms with Gasteiger partial charge in [-0.05, 0) is 49.4 Å². The fraction of sp³-hybridized carbons (Fsp3) is 0.467. The van der Waals surface area contributed by atoms with Crippen LogP contribution >= 0.6 is 23.6 Å². The number of hydrogen-bond donors (Lipinski definition) is 1. The lowest BCUT2D eigenvalue weighted by atomic mass is 10.2. The predicted molar refractivity (Wildman–Crippen MR) is 100 cm³/mol. The van der Waals surface area contributed by atoms with Gasteiger partial charge in [-0.2, -0.15) is 0 Å². The van der Waals surface area contributed by atoms with E-state index in [4.69, 9.17) is 12.2 Å². The van der Waals surface area contributed by atoms with E-state index < -0.39 is 9.84 Å². The standard InChI is InChI=1S/C15H19FN4O2S3/c1-2-19(13-7-8-25(21,22)9-13)10-20-15(23)24-14(18-20)17-12-5-3-11(16)4-6-12/h3-6,13H,2,7-10H2,1H3,(H,17,18). The molecule has 2 heterocycles. The summed E-state index contributed by atoms with van der Waals surface area (Å²) in [6.45, 7) is 3.18. The van der Waals surface area contributed by atoms with Crippen molar-refractivity contribution >= 4 is 44.2 Å². The molecule has 3 rings (SSSR count). The maximum Gasteiger partial charge on any atom is 0.209 e. The molecule has 1 unspecified atom stereocenters. The second-order valence-corrected chi connectivity index (χ2v) is 9.76. The van der Waals surface area contributed by atoms with Crippen molar-refractivity contribution in [3.63, 3.8) is 0 Å². The molecule has 10 heteroatoms. The van der Waals surface area contributed by atoms with Gasteiger partial charge in [-0.15, -0.1) is 5.10 Å². The molecule has 1 aromatic carbocycles. The first-order valence-corrected chi connectivity index (χ1v) is 11.0. The summed E-state index contributed by atoms with van der Waals surface area (Å²) in [5.74, 6) is 0.140. The molecule has 0 spiro atoms. The van der Waals surface area contributed by atoms with Gasteiger partial charge in [-0.25, -0.2) is 17.5 Å². The van der Waals surface area contributed by atoms with Crippen molar-refractivity contribution < 1.29 is 12.8 Å². The van der Waals surface area contributed by atoms with Crippen LogP contribution in [-0.4, -0.2) is 47.2 Å². The Balaban J connectivity index is 1.71. The van der Waals surface area contributed by atoms with E-state index in [1.807, 2.05) is 6.92 Å². The average Bonchev–Trinajstić information content (AvgIpc) is 3.09. The van der Waals surface area contributed by atoms with Gasteiger partial charge in [0.2, 0.25) is 5.13 Å². The quantitative estimate of drug-likeness (QED) is 0.749. The first-order chi connectivity index (χ1) is 11.9. The Morgan fingerprint density at radius 1 is 1.44 bits per heavy atom. The fourth-order valence-corrected chi connectivity index (χ4v) is 5.59. The van der Waals surface area contributed by atoms with Gasteiger partial charge in [0, 0.05) is 11.7 Å². The minimum absolute atomic E-state index is 0.00658. The molecule has 0 radical (unpaired) electrons. The zero-order valence-corrected chi connectivity index (χ0v) is 16.1. The van der Waals surface area contributed by atoms with Crippen molar-refractivity contribution in [2.24, 2.45) is 0 Å². The number of nitrogens with one attached hydrogen (secondary N) is 1. The summed E-state index contributed by atoms with van der Waals surface area (Å²) >= 11 is 6.70. The second kappa shape index (κ2) is 7.48. The molecule has 25 heavy (non-hydrogen) atoms. The summed E-state index contributed by atoms with van der Waals surface area (Å²) < 4.78 is 38.7. The van der Waals surface area contributed by atoms with Crippen LogP contribution in [0, 0.1) is 9.77 Å². The SMILES string of the molecule is CCN(Cn1nc(Nc2ccc(F)cc2)sc1=S)C1CCS(=O)(=O)C1. The molecule has 2 aromatic rings. The van der Waals surface area contributed by atoms with Crippen LogP contribution in [0.4, 0.5) is 15.2 Å². The molecule has 1 aromatic heterocycles. The van der Waals surface area contributed by atoms with Gasteiger partial charge in [0.15, 0.2) is 13.8 Å². The molecule has 1 atom stereocenters. The van der Waals surface area contributed by atoms with Crippen LogP contribution in [0.5, 0.6) is 0 Å². The Kier molecular flexibility index (Phi) is 5.52. The Bertz CT molecular complexity index is 892. The Labute approximate surface area is 155 Å². The number of nitrogens with zero attached hydrogens (tertiary/aromatic N) is 3. The van der Waals surface area contributed by atoms with Crippen molar-refractivity contribution in [2.75, 3.05) is 23.4 Å². The van der Waals surface area contributed by atoms with Crippen molar-refractivity contribution in [1.29, 1.82) is 0 Å². The van der Waals surface area contributed by atoms with E-state index in [0.29, 0.717) is 22.2 Å². The molecule has 1 fully saturated rings. The van der Waals surface area contributed by atoms with Gasteiger partial charge in [-0.3, -0.25) is 4.90 Å². The lowest BCUT2D eigenvalue weighted by Crippen LogP contribution is -2.37. The normalized spacial score (nSPS) is 19.4. The highest BCUT2D eigenvalue weighted by Gasteiger charge is 2.31. The van der Waals surface area contributed by atoms with Crippen LogP contribution in [0.1, 0.15) is 13.3 Å². The molecule has 0 aliphatic carbocycles. The molecule has 0 bridgehead atoms. The third-order valence-electron chi connectivity index (χ3n) is 4.15. The zero-order valence-electron chi connectivity index (χ0n) is 13.7. The van der Waals surface area contributed by atoms with Crippen LogP contribution in [0.25, 0.3) is 0 Å². The molecule has 1 saturated heterocycles. The molecule has 6 nitrogen and oxygen atoms in total. The molecular formula is C15H19FN4O2S3. The van der Waals surface area contributed by atoms with Gasteiger partial charge >= 0.3 is 0 Å². The number of aromatic nitrogens is 2. The number of rotatable bonds is 6. The van der Waals surface area contributed by atoms with Crippen LogP contribution in [0.15, 0.2) is 24.3 Å². The van der Waals surface area contributed by atoms with E-state index in [2.05, 4.69) is 15.3 Å². The minimum atomic E-state index is -2.93. The Morgan fingerprint density at radius 2 is 2.16 bits per heavy atom. The van der Waals surface area contributed by atoms with E-state index in [9.17, 15) is 12.8 Å². The number of anilines is 2. The molecule has 0 amide bonds. The van der Waals surface area contributed by atoms with Gasteiger partial charge in [0.1, 0.15) is 5.82 Å². The molecule has 1 N–H and O–H groups in total. The maximum atomic E-state index is 13.0. The lowest BCUT2D eigenvalue weighted by Gasteiger charge is -2.25. The smallest absolute Gasteiger partial charge is 0.209 e. The largest absolute Gasteiger partial charge is 0.330 e. The first-order valence-electron chi connectivity index (χ1n) is 7.91. The van der Waals surface area contributed by atoms with Gasteiger partial charge in [0.25, 0.3) is 0 Å². The lowest BCUT2D eigenvalue weighted by molar-refractivity contribution is 0.165. The highest BCUT2D eigenvalue weighted by atomic mass is 32.2. The van der Waals surface area contributed by atoms with E-state index in [1.165, 1.54) is 23.5 Å². The summed E-state index contributed by atoms with van der Waals surface area (Å²) in [7, 11) is -2.93. The van der Waals surface area contributed by atoms with Crippen molar-refractivity contribution in [3.8, 4) is 0 Å². The second-order valence-electron chi connectivity index (χ2n) is 5.91. The van der Waals surface area contributed by atoms with Crippen LogP contribution in [0.3, 0.4) is 0 Å². The van der Waals surface area contributed by atoms with Crippen molar-refractivity contribution in [1.82, 2.24) is 14.7 Å². The third-order valence-corrected chi connectivity index (χ3v) is 7.12. The Morgan fingerprint density at radius 3 is 2.76 bits per heavy atom. The molecule has 0 saturated carbocycles. The molecular weight excluding hydrogens is 383 g/mol. The summed E-state index contributed by atoms with van der Waals surface area (Å²) in [5.41, 5.74) is 0.728. The van der Waals surface area contributed by atoms with Crippen molar-refractivity contribution in [2.45, 2.75) is 26.1 Å². The molecule has 1 aliphatic heterocycles. The summed E-state index contributed by atoms with van der Waals surface area (Å²) in [4.78, 5) is 2.09. The Hall–Kier alpha value is -1.36. The minimum Gasteiger partial charge on any atom is -0.330 e. The average molecular weight is 403 g/mol. The number of sulfone groups is 1. The number of hydrogen-bond acceptors (Lipinski definition) is 7. The first kappa shape index (κ1) is 18.4. The third kappa shape index (κ3) is 4.63.